The van der Waals surface area contributed by atoms with Gasteiger partial charge in [-0.2, -0.15) is 0 Å². The summed E-state index contributed by atoms with van der Waals surface area (Å²) in [4.78, 5) is 28.2. The van der Waals surface area contributed by atoms with Gasteiger partial charge in [0.25, 0.3) is 5.91 Å². The first-order valence-electron chi connectivity index (χ1n) is 8.75. The van der Waals surface area contributed by atoms with Crippen LogP contribution < -0.4 is 5.32 Å². The van der Waals surface area contributed by atoms with Crippen molar-refractivity contribution in [1.82, 2.24) is 10.3 Å². The molecule has 0 saturated heterocycles. The van der Waals surface area contributed by atoms with Crippen molar-refractivity contribution >= 4 is 18.0 Å². The Kier molecular flexibility index (Phi) is 4.29. The van der Waals surface area contributed by atoms with Gasteiger partial charge in [-0.05, 0) is 53.6 Å². The van der Waals surface area contributed by atoms with E-state index in [0.29, 0.717) is 5.56 Å². The van der Waals surface area contributed by atoms with Crippen molar-refractivity contribution in [3.05, 3.63) is 71.1 Å². The zero-order valence-electron chi connectivity index (χ0n) is 14.5. The molecular formula is C21H20N2O3. The minimum absolute atomic E-state index is 0.0239. The van der Waals surface area contributed by atoms with Crippen LogP contribution in [0.2, 0.25) is 0 Å². The van der Waals surface area contributed by atoms with Crippen molar-refractivity contribution in [1.29, 1.82) is 0 Å². The molecule has 0 aliphatic heterocycles. The molecule has 1 saturated carbocycles. The quantitative estimate of drug-likeness (QED) is 0.863. The molecule has 3 unspecified atom stereocenters. The molecule has 1 aromatic heterocycles. The van der Waals surface area contributed by atoms with E-state index in [1.165, 1.54) is 12.7 Å². The summed E-state index contributed by atoms with van der Waals surface area (Å²) in [5.41, 5.74) is 3.99. The predicted octanol–water partition coefficient (Wildman–Crippen LogP) is 2.73. The zero-order chi connectivity index (χ0) is 18.1. The van der Waals surface area contributed by atoms with Gasteiger partial charge in [-0.15, -0.1) is 0 Å². The molecular weight excluding hydrogens is 328 g/mol. The summed E-state index contributed by atoms with van der Waals surface area (Å²) in [6.07, 6.45) is 9.19. The molecule has 5 nitrogen and oxygen atoms in total. The Hall–Kier alpha value is -2.95. The van der Waals surface area contributed by atoms with Crippen LogP contribution in [-0.4, -0.2) is 30.0 Å². The number of amides is 1. The van der Waals surface area contributed by atoms with Gasteiger partial charge in [0, 0.05) is 18.0 Å². The number of rotatable bonds is 4. The molecule has 0 bridgehead atoms. The third-order valence-electron chi connectivity index (χ3n) is 5.11. The Labute approximate surface area is 152 Å². The molecule has 5 heteroatoms. The Morgan fingerprint density at radius 3 is 2.77 bits per heavy atom. The van der Waals surface area contributed by atoms with Crippen molar-refractivity contribution < 1.29 is 14.3 Å². The first-order chi connectivity index (χ1) is 12.7. The summed E-state index contributed by atoms with van der Waals surface area (Å²) in [5, 5.41) is 3.06. The van der Waals surface area contributed by atoms with Crippen molar-refractivity contribution in [3.8, 4) is 0 Å². The van der Waals surface area contributed by atoms with Crippen LogP contribution in [0.25, 0.3) is 6.08 Å². The molecule has 1 aromatic carbocycles. The normalized spacial score (nSPS) is 23.0. The standard InChI is InChI=1S/C21H20N2O3/c1-26-21(25)19-11-18(19)13-2-4-14(5-3-13)20(24)23-17-7-6-16-12-22-9-8-15(16)10-17/h2-9,12,17-19H,10-11H2,1H3,(H,23,24). The molecule has 1 fully saturated rings. The van der Waals surface area contributed by atoms with Crippen LogP contribution in [-0.2, 0) is 16.0 Å². The lowest BCUT2D eigenvalue weighted by molar-refractivity contribution is -0.142. The molecule has 4 rings (SSSR count). The van der Waals surface area contributed by atoms with Crippen molar-refractivity contribution in [2.24, 2.45) is 5.92 Å². The number of pyridine rings is 1. The summed E-state index contributed by atoms with van der Waals surface area (Å²) >= 11 is 0. The van der Waals surface area contributed by atoms with E-state index in [9.17, 15) is 9.59 Å². The predicted molar refractivity (Wildman–Crippen MR) is 97.5 cm³/mol. The van der Waals surface area contributed by atoms with Crippen LogP contribution in [0.5, 0.6) is 0 Å². The van der Waals surface area contributed by atoms with Crippen molar-refractivity contribution in [2.75, 3.05) is 7.11 Å². The third kappa shape index (κ3) is 3.25. The van der Waals surface area contributed by atoms with Gasteiger partial charge >= 0.3 is 5.97 Å². The molecule has 1 heterocycles. The number of nitrogens with one attached hydrogen (secondary N) is 1. The van der Waals surface area contributed by atoms with Crippen LogP contribution in [0.3, 0.4) is 0 Å². The van der Waals surface area contributed by atoms with Crippen molar-refractivity contribution in [2.45, 2.75) is 24.8 Å². The Morgan fingerprint density at radius 1 is 1.19 bits per heavy atom. The van der Waals surface area contributed by atoms with E-state index in [1.54, 1.807) is 6.20 Å². The minimum atomic E-state index is -0.156. The van der Waals surface area contributed by atoms with E-state index < -0.39 is 0 Å². The number of nitrogens with zero attached hydrogens (tertiary/aromatic N) is 1. The van der Waals surface area contributed by atoms with E-state index in [1.807, 2.05) is 48.7 Å². The van der Waals surface area contributed by atoms with Crippen LogP contribution in [0, 0.1) is 5.92 Å². The first-order valence-corrected chi connectivity index (χ1v) is 8.75. The average molecular weight is 348 g/mol. The number of ether oxygens (including phenoxy) is 1. The Balaban J connectivity index is 1.38. The molecule has 0 radical (unpaired) electrons. The first kappa shape index (κ1) is 16.5. The summed E-state index contributed by atoms with van der Waals surface area (Å²) in [6, 6.07) is 9.47. The van der Waals surface area contributed by atoms with Crippen molar-refractivity contribution in [3.63, 3.8) is 0 Å². The minimum Gasteiger partial charge on any atom is -0.469 e. The monoisotopic (exact) mass is 348 g/mol. The lowest BCUT2D eigenvalue weighted by atomic mass is 9.95. The topological polar surface area (TPSA) is 68.3 Å². The molecule has 1 amide bonds. The van der Waals surface area contributed by atoms with Gasteiger partial charge in [0.2, 0.25) is 0 Å². The molecule has 1 N–H and O–H groups in total. The number of carbonyl (C=O) groups excluding carboxylic acids is 2. The van der Waals surface area contributed by atoms with E-state index >= 15 is 0 Å². The Morgan fingerprint density at radius 2 is 2.00 bits per heavy atom. The van der Waals surface area contributed by atoms with Gasteiger partial charge in [-0.25, -0.2) is 0 Å². The number of aromatic nitrogens is 1. The smallest absolute Gasteiger partial charge is 0.309 e. The summed E-state index contributed by atoms with van der Waals surface area (Å²) in [5.74, 6) is -0.0760. The summed E-state index contributed by atoms with van der Waals surface area (Å²) in [6.45, 7) is 0. The zero-order valence-corrected chi connectivity index (χ0v) is 14.5. The van der Waals surface area contributed by atoms with E-state index in [4.69, 9.17) is 4.74 Å². The van der Waals surface area contributed by atoms with Gasteiger partial charge in [-0.3, -0.25) is 14.6 Å². The molecule has 2 aliphatic carbocycles. The summed E-state index contributed by atoms with van der Waals surface area (Å²) in [7, 11) is 1.42. The highest BCUT2D eigenvalue weighted by Gasteiger charge is 2.44. The van der Waals surface area contributed by atoms with E-state index in [2.05, 4.69) is 10.3 Å². The van der Waals surface area contributed by atoms with Crippen LogP contribution in [0.4, 0.5) is 0 Å². The van der Waals surface area contributed by atoms with Crippen LogP contribution in [0.1, 0.15) is 39.4 Å². The number of hydrogen-bond donors (Lipinski definition) is 1. The van der Waals surface area contributed by atoms with Gasteiger partial charge < -0.3 is 10.1 Å². The van der Waals surface area contributed by atoms with Gasteiger partial charge in [0.05, 0.1) is 19.1 Å². The largest absolute Gasteiger partial charge is 0.469 e. The van der Waals surface area contributed by atoms with E-state index in [-0.39, 0.29) is 29.8 Å². The lowest BCUT2D eigenvalue weighted by Crippen LogP contribution is -2.36. The second-order valence-electron chi connectivity index (χ2n) is 6.81. The molecule has 0 spiro atoms. The number of methoxy groups -OCH3 is 1. The Bertz CT molecular complexity index is 873. The summed E-state index contributed by atoms with van der Waals surface area (Å²) < 4.78 is 4.78. The van der Waals surface area contributed by atoms with Gasteiger partial charge in [0.15, 0.2) is 0 Å². The fraction of sp³-hybridized carbons (Fsp3) is 0.286. The number of hydrogen-bond acceptors (Lipinski definition) is 4. The maximum atomic E-state index is 12.5. The van der Waals surface area contributed by atoms with Crippen LogP contribution in [0.15, 0.2) is 48.8 Å². The second-order valence-corrected chi connectivity index (χ2v) is 6.81. The molecule has 3 atom stereocenters. The van der Waals surface area contributed by atoms with Gasteiger partial charge in [-0.1, -0.05) is 24.3 Å². The fourth-order valence-corrected chi connectivity index (χ4v) is 3.50. The highest BCUT2D eigenvalue weighted by Crippen LogP contribution is 2.48. The number of carbonyl (C=O) groups is 2. The second kappa shape index (κ2) is 6.75. The number of benzene rings is 1. The maximum Gasteiger partial charge on any atom is 0.309 e. The molecule has 132 valence electrons. The maximum absolute atomic E-state index is 12.5. The number of fused-ring (bicyclic) bond motifs is 1. The average Bonchev–Trinajstić information content (AvgIpc) is 3.48. The third-order valence-corrected chi connectivity index (χ3v) is 5.11. The molecule has 2 aromatic rings. The van der Waals surface area contributed by atoms with Crippen LogP contribution >= 0.6 is 0 Å². The van der Waals surface area contributed by atoms with Gasteiger partial charge in [0.1, 0.15) is 0 Å². The number of esters is 1. The fourth-order valence-electron chi connectivity index (χ4n) is 3.50. The SMILES string of the molecule is COC(=O)C1CC1c1ccc(C(=O)NC2C=Cc3cnccc3C2)cc1. The van der Waals surface area contributed by atoms with E-state index in [0.717, 1.165) is 24.0 Å². The molecule has 2 aliphatic rings. The lowest BCUT2D eigenvalue weighted by Gasteiger charge is -2.20. The molecule has 26 heavy (non-hydrogen) atoms. The highest BCUT2D eigenvalue weighted by atomic mass is 16.5. The highest BCUT2D eigenvalue weighted by molar-refractivity contribution is 5.94.